The molecule has 152 valence electrons. The zero-order valence-corrected chi connectivity index (χ0v) is 17.4. The molecular formula is C22H21ClN6O. The van der Waals surface area contributed by atoms with Gasteiger partial charge in [-0.25, -0.2) is 9.50 Å². The van der Waals surface area contributed by atoms with E-state index < -0.39 is 0 Å². The van der Waals surface area contributed by atoms with E-state index in [0.717, 1.165) is 22.6 Å². The fourth-order valence-electron chi connectivity index (χ4n) is 3.16. The van der Waals surface area contributed by atoms with E-state index in [1.807, 2.05) is 62.4 Å². The Balaban J connectivity index is 1.39. The van der Waals surface area contributed by atoms with Crippen LogP contribution >= 0.6 is 11.6 Å². The Hall–Kier alpha value is -3.45. The quantitative estimate of drug-likeness (QED) is 0.488. The highest BCUT2D eigenvalue weighted by Crippen LogP contribution is 2.26. The third-order valence-corrected chi connectivity index (χ3v) is 4.87. The molecule has 2 N–H and O–H groups in total. The van der Waals surface area contributed by atoms with Crippen molar-refractivity contribution in [1.29, 1.82) is 0 Å². The van der Waals surface area contributed by atoms with E-state index in [0.29, 0.717) is 28.9 Å². The van der Waals surface area contributed by atoms with Crippen molar-refractivity contribution in [2.24, 2.45) is 0 Å². The molecule has 1 amide bonds. The first kappa shape index (κ1) is 19.8. The summed E-state index contributed by atoms with van der Waals surface area (Å²) in [6.45, 7) is 4.49. The number of carbonyl (C=O) groups excluding carboxylic acids is 1. The minimum absolute atomic E-state index is 0.0491. The maximum Gasteiger partial charge on any atom is 0.252 e. The molecule has 0 atom stereocenters. The average Bonchev–Trinajstić information content (AvgIpc) is 3.10. The van der Waals surface area contributed by atoms with Crippen molar-refractivity contribution in [3.05, 3.63) is 82.4 Å². The Morgan fingerprint density at radius 3 is 2.63 bits per heavy atom. The largest absolute Gasteiger partial charge is 0.380 e. The van der Waals surface area contributed by atoms with Gasteiger partial charge in [0.2, 0.25) is 5.91 Å². The molecule has 0 fully saturated rings. The van der Waals surface area contributed by atoms with Gasteiger partial charge in [-0.2, -0.15) is 4.98 Å². The average molecular weight is 421 g/mol. The predicted octanol–water partition coefficient (Wildman–Crippen LogP) is 4.19. The van der Waals surface area contributed by atoms with E-state index in [9.17, 15) is 4.79 Å². The van der Waals surface area contributed by atoms with Crippen LogP contribution < -0.4 is 10.6 Å². The molecule has 8 heteroatoms. The summed E-state index contributed by atoms with van der Waals surface area (Å²) >= 11 is 6.37. The zero-order valence-electron chi connectivity index (χ0n) is 16.7. The van der Waals surface area contributed by atoms with Gasteiger partial charge in [0.25, 0.3) is 5.78 Å². The van der Waals surface area contributed by atoms with Crippen LogP contribution in [-0.4, -0.2) is 25.5 Å². The Bertz CT molecular complexity index is 1210. The first-order valence-electron chi connectivity index (χ1n) is 9.55. The smallest absolute Gasteiger partial charge is 0.252 e. The number of hydrogen-bond donors (Lipinski definition) is 2. The van der Waals surface area contributed by atoms with Crippen LogP contribution in [-0.2, 0) is 17.8 Å². The fourth-order valence-corrected chi connectivity index (χ4v) is 3.41. The number of benzene rings is 2. The van der Waals surface area contributed by atoms with Crippen LogP contribution in [0.5, 0.6) is 0 Å². The Kier molecular flexibility index (Phi) is 5.63. The van der Waals surface area contributed by atoms with Crippen molar-refractivity contribution in [3.63, 3.8) is 0 Å². The molecule has 2 heterocycles. The molecule has 0 unspecified atom stereocenters. The molecule has 4 rings (SSSR count). The van der Waals surface area contributed by atoms with Gasteiger partial charge in [-0.1, -0.05) is 41.9 Å². The number of halogens is 1. The Morgan fingerprint density at radius 2 is 1.87 bits per heavy atom. The lowest BCUT2D eigenvalue weighted by atomic mass is 10.2. The minimum atomic E-state index is -0.221. The molecule has 0 spiro atoms. The highest BCUT2D eigenvalue weighted by molar-refractivity contribution is 6.33. The number of fused-ring (bicyclic) bond motifs is 1. The summed E-state index contributed by atoms with van der Waals surface area (Å²) in [5, 5.41) is 11.0. The van der Waals surface area contributed by atoms with E-state index in [1.165, 1.54) is 0 Å². The molecule has 0 bridgehead atoms. The second kappa shape index (κ2) is 8.51. The molecule has 0 radical (unpaired) electrons. The van der Waals surface area contributed by atoms with Crippen molar-refractivity contribution in [2.75, 3.05) is 10.6 Å². The number of aryl methyl sites for hydroxylation is 2. The maximum atomic E-state index is 12.4. The van der Waals surface area contributed by atoms with Crippen LogP contribution in [0.25, 0.3) is 5.78 Å². The fraction of sp³-hybridized carbons (Fsp3) is 0.182. The Labute approximate surface area is 179 Å². The van der Waals surface area contributed by atoms with E-state index in [4.69, 9.17) is 11.6 Å². The lowest BCUT2D eigenvalue weighted by Crippen LogP contribution is -2.15. The molecule has 2 aromatic carbocycles. The van der Waals surface area contributed by atoms with Crippen LogP contribution in [0, 0.1) is 13.8 Å². The molecule has 0 saturated carbocycles. The van der Waals surface area contributed by atoms with Crippen molar-refractivity contribution in [3.8, 4) is 0 Å². The van der Waals surface area contributed by atoms with Gasteiger partial charge < -0.3 is 10.6 Å². The van der Waals surface area contributed by atoms with E-state index in [-0.39, 0.29) is 12.3 Å². The van der Waals surface area contributed by atoms with Crippen LogP contribution in [0.3, 0.4) is 0 Å². The van der Waals surface area contributed by atoms with Crippen LogP contribution in [0.1, 0.15) is 22.8 Å². The summed E-state index contributed by atoms with van der Waals surface area (Å²) in [7, 11) is 0. The molecule has 30 heavy (non-hydrogen) atoms. The van der Waals surface area contributed by atoms with Gasteiger partial charge in [-0.3, -0.25) is 4.79 Å². The Morgan fingerprint density at radius 1 is 1.07 bits per heavy atom. The van der Waals surface area contributed by atoms with E-state index >= 15 is 0 Å². The third kappa shape index (κ3) is 4.58. The van der Waals surface area contributed by atoms with E-state index in [2.05, 4.69) is 25.7 Å². The third-order valence-electron chi connectivity index (χ3n) is 4.56. The van der Waals surface area contributed by atoms with Gasteiger partial charge in [-0.05, 0) is 43.7 Å². The number of nitrogens with one attached hydrogen (secondary N) is 2. The summed E-state index contributed by atoms with van der Waals surface area (Å²) < 4.78 is 1.64. The van der Waals surface area contributed by atoms with Crippen molar-refractivity contribution in [1.82, 2.24) is 19.6 Å². The number of anilines is 2. The summed E-state index contributed by atoms with van der Waals surface area (Å²) in [6, 6.07) is 17.3. The summed E-state index contributed by atoms with van der Waals surface area (Å²) in [4.78, 5) is 21.1. The summed E-state index contributed by atoms with van der Waals surface area (Å²) in [5.41, 5.74) is 4.36. The first-order chi connectivity index (χ1) is 14.5. The van der Waals surface area contributed by atoms with Crippen molar-refractivity contribution >= 4 is 34.7 Å². The number of aromatic nitrogens is 4. The van der Waals surface area contributed by atoms with Gasteiger partial charge in [0.05, 0.1) is 17.1 Å². The lowest BCUT2D eigenvalue weighted by molar-refractivity contribution is -0.115. The maximum absolute atomic E-state index is 12.4. The molecule has 2 aromatic heterocycles. The lowest BCUT2D eigenvalue weighted by Gasteiger charge is -2.11. The standard InChI is InChI=1S/C22H21ClN6O/c1-14-10-15(2)29-22(25-14)27-20(28-29)12-21(30)26-17-8-9-19(18(23)11-17)24-13-16-6-4-3-5-7-16/h3-11,24H,12-13H2,1-2H3,(H,26,30). The molecule has 0 saturated heterocycles. The second-order valence-electron chi connectivity index (χ2n) is 7.04. The van der Waals surface area contributed by atoms with Gasteiger partial charge in [0.1, 0.15) is 0 Å². The normalized spacial score (nSPS) is 10.9. The van der Waals surface area contributed by atoms with Gasteiger partial charge in [0, 0.05) is 23.6 Å². The van der Waals surface area contributed by atoms with Crippen LogP contribution in [0.2, 0.25) is 5.02 Å². The highest BCUT2D eigenvalue weighted by Gasteiger charge is 2.12. The molecular weight excluding hydrogens is 400 g/mol. The summed E-state index contributed by atoms with van der Waals surface area (Å²) in [5.74, 6) is 0.689. The summed E-state index contributed by atoms with van der Waals surface area (Å²) in [6.07, 6.45) is 0.0491. The SMILES string of the molecule is Cc1cc(C)n2nc(CC(=O)Nc3ccc(NCc4ccccc4)c(Cl)c3)nc2n1. The monoisotopic (exact) mass is 420 g/mol. The number of carbonyl (C=O) groups is 1. The molecule has 4 aromatic rings. The first-order valence-corrected chi connectivity index (χ1v) is 9.93. The van der Waals surface area contributed by atoms with Crippen molar-refractivity contribution in [2.45, 2.75) is 26.8 Å². The minimum Gasteiger partial charge on any atom is -0.380 e. The topological polar surface area (TPSA) is 84.2 Å². The van der Waals surface area contributed by atoms with E-state index in [1.54, 1.807) is 10.6 Å². The number of hydrogen-bond acceptors (Lipinski definition) is 5. The van der Waals surface area contributed by atoms with Crippen LogP contribution in [0.4, 0.5) is 11.4 Å². The second-order valence-corrected chi connectivity index (χ2v) is 7.44. The van der Waals surface area contributed by atoms with Gasteiger partial charge in [0.15, 0.2) is 5.82 Å². The molecule has 0 aliphatic heterocycles. The molecule has 0 aliphatic carbocycles. The number of rotatable bonds is 6. The zero-order chi connectivity index (χ0) is 21.1. The molecule has 7 nitrogen and oxygen atoms in total. The van der Waals surface area contributed by atoms with Gasteiger partial charge in [-0.15, -0.1) is 5.10 Å². The van der Waals surface area contributed by atoms with Crippen LogP contribution in [0.15, 0.2) is 54.6 Å². The van der Waals surface area contributed by atoms with Gasteiger partial charge >= 0.3 is 0 Å². The van der Waals surface area contributed by atoms with Crippen molar-refractivity contribution < 1.29 is 4.79 Å². The molecule has 0 aliphatic rings. The predicted molar refractivity (Wildman–Crippen MR) is 118 cm³/mol. The highest BCUT2D eigenvalue weighted by atomic mass is 35.5. The number of amides is 1. The number of nitrogens with zero attached hydrogens (tertiary/aromatic N) is 4.